The molecule has 1 fully saturated rings. The van der Waals surface area contributed by atoms with Gasteiger partial charge in [-0.2, -0.15) is 0 Å². The van der Waals surface area contributed by atoms with Crippen molar-refractivity contribution in [2.45, 2.75) is 39.0 Å². The first-order chi connectivity index (χ1) is 5.39. The maximum absolute atomic E-state index is 9.75. The second-order valence-corrected chi connectivity index (χ2v) is 3.24. The third-order valence-corrected chi connectivity index (χ3v) is 1.89. The zero-order valence-electron chi connectivity index (χ0n) is 8.20. The van der Waals surface area contributed by atoms with E-state index < -0.39 is 7.25 Å². The molecule has 0 nitrogen and oxygen atoms in total. The summed E-state index contributed by atoms with van der Waals surface area (Å²) < 4.78 is 39.0. The SMILES string of the molecule is CC1CCCCC1.F[B-](F)(F)F.[K+]. The normalized spacial score (nSPS) is 18.2. The summed E-state index contributed by atoms with van der Waals surface area (Å²) in [5.74, 6) is 1.04. The standard InChI is InChI=1S/C7H14.BF4.K/c1-7-5-3-2-4-6-7;2-1(3,4)5;/h7H,2-6H2,1H3;;/q;-1;+1. The topological polar surface area (TPSA) is 0 Å². The van der Waals surface area contributed by atoms with E-state index in [0.29, 0.717) is 0 Å². The van der Waals surface area contributed by atoms with Gasteiger partial charge in [0.05, 0.1) is 0 Å². The molecule has 6 heteroatoms. The average molecular weight is 224 g/mol. The van der Waals surface area contributed by atoms with Crippen LogP contribution in [-0.4, -0.2) is 7.25 Å². The van der Waals surface area contributed by atoms with Crippen LogP contribution >= 0.6 is 0 Å². The van der Waals surface area contributed by atoms with Crippen LogP contribution in [0.5, 0.6) is 0 Å². The molecule has 1 aliphatic rings. The van der Waals surface area contributed by atoms with E-state index in [1.165, 1.54) is 32.1 Å². The van der Waals surface area contributed by atoms with Gasteiger partial charge in [0.25, 0.3) is 0 Å². The van der Waals surface area contributed by atoms with Gasteiger partial charge in [0.15, 0.2) is 0 Å². The van der Waals surface area contributed by atoms with Crippen LogP contribution in [0.3, 0.4) is 0 Å². The van der Waals surface area contributed by atoms with Crippen molar-refractivity contribution in [1.82, 2.24) is 0 Å². The maximum atomic E-state index is 9.75. The van der Waals surface area contributed by atoms with Gasteiger partial charge in [-0.1, -0.05) is 39.0 Å². The Labute approximate surface area is 119 Å². The molecule has 0 radical (unpaired) electrons. The molecule has 0 aromatic rings. The minimum atomic E-state index is -6.00. The molecule has 0 aromatic carbocycles. The van der Waals surface area contributed by atoms with Crippen molar-refractivity contribution >= 4 is 7.25 Å². The average Bonchev–Trinajstić information content (AvgIpc) is 1.85. The fraction of sp³-hybridized carbons (Fsp3) is 1.00. The van der Waals surface area contributed by atoms with Gasteiger partial charge in [-0.05, 0) is 5.92 Å². The molecule has 0 N–H and O–H groups in total. The molecule has 1 saturated carbocycles. The Morgan fingerprint density at radius 1 is 0.923 bits per heavy atom. The molecule has 0 heterocycles. The smallest absolute Gasteiger partial charge is 0.418 e. The zero-order valence-corrected chi connectivity index (χ0v) is 11.3. The van der Waals surface area contributed by atoms with E-state index in [-0.39, 0.29) is 51.4 Å². The summed E-state index contributed by atoms with van der Waals surface area (Å²) in [6, 6.07) is 0. The minimum absolute atomic E-state index is 0. The number of rotatable bonds is 0. The molecule has 13 heavy (non-hydrogen) atoms. The van der Waals surface area contributed by atoms with Gasteiger partial charge in [-0.25, -0.2) is 0 Å². The Balaban J connectivity index is 0. The molecule has 0 saturated heterocycles. The second-order valence-electron chi connectivity index (χ2n) is 3.24. The molecule has 0 aromatic heterocycles. The molecule has 0 unspecified atom stereocenters. The van der Waals surface area contributed by atoms with E-state index in [0.717, 1.165) is 5.92 Å². The summed E-state index contributed by atoms with van der Waals surface area (Å²) in [4.78, 5) is 0. The van der Waals surface area contributed by atoms with Crippen molar-refractivity contribution in [3.8, 4) is 0 Å². The molecule has 0 amide bonds. The van der Waals surface area contributed by atoms with Crippen LogP contribution in [0.2, 0.25) is 0 Å². The van der Waals surface area contributed by atoms with E-state index in [1.807, 2.05) is 0 Å². The minimum Gasteiger partial charge on any atom is -0.418 e. The van der Waals surface area contributed by atoms with Crippen LogP contribution in [0, 0.1) is 5.92 Å². The van der Waals surface area contributed by atoms with Crippen molar-refractivity contribution in [2.75, 3.05) is 0 Å². The Kier molecular flexibility index (Phi) is 11.3. The van der Waals surface area contributed by atoms with Crippen molar-refractivity contribution in [2.24, 2.45) is 5.92 Å². The van der Waals surface area contributed by atoms with Crippen molar-refractivity contribution < 1.29 is 68.6 Å². The Hall–Kier alpha value is 1.42. The molecule has 1 aliphatic carbocycles. The van der Waals surface area contributed by atoms with Gasteiger partial charge in [-0.3, -0.25) is 0 Å². The quantitative estimate of drug-likeness (QED) is 0.423. The van der Waals surface area contributed by atoms with Crippen LogP contribution < -0.4 is 51.4 Å². The summed E-state index contributed by atoms with van der Waals surface area (Å²) in [7, 11) is -6.00. The first-order valence-corrected chi connectivity index (χ1v) is 4.27. The Bertz CT molecular complexity index is 106. The van der Waals surface area contributed by atoms with Gasteiger partial charge in [-0.15, -0.1) is 0 Å². The summed E-state index contributed by atoms with van der Waals surface area (Å²) in [5, 5.41) is 0. The van der Waals surface area contributed by atoms with E-state index in [9.17, 15) is 17.3 Å². The summed E-state index contributed by atoms with van der Waals surface area (Å²) in [5.41, 5.74) is 0. The molecule has 1 rings (SSSR count). The van der Waals surface area contributed by atoms with E-state index >= 15 is 0 Å². The summed E-state index contributed by atoms with van der Waals surface area (Å²) >= 11 is 0. The molecule has 0 atom stereocenters. The zero-order chi connectivity index (χ0) is 9.61. The summed E-state index contributed by atoms with van der Waals surface area (Å²) in [6.07, 6.45) is 7.44. The van der Waals surface area contributed by atoms with Crippen LogP contribution in [0.4, 0.5) is 17.3 Å². The van der Waals surface area contributed by atoms with Crippen molar-refractivity contribution in [3.05, 3.63) is 0 Å². The Morgan fingerprint density at radius 2 is 1.23 bits per heavy atom. The van der Waals surface area contributed by atoms with Gasteiger partial charge in [0.1, 0.15) is 0 Å². The first-order valence-electron chi connectivity index (χ1n) is 4.27. The largest absolute Gasteiger partial charge is 1.00 e. The van der Waals surface area contributed by atoms with E-state index in [2.05, 4.69) is 6.92 Å². The molecule has 0 spiro atoms. The molecule has 0 aliphatic heterocycles. The number of hydrogen-bond donors (Lipinski definition) is 0. The maximum Gasteiger partial charge on any atom is 1.00 e. The van der Waals surface area contributed by atoms with Crippen LogP contribution in [0.15, 0.2) is 0 Å². The number of halogens is 4. The van der Waals surface area contributed by atoms with Crippen LogP contribution in [0.25, 0.3) is 0 Å². The van der Waals surface area contributed by atoms with Crippen molar-refractivity contribution in [3.63, 3.8) is 0 Å². The molecular weight excluding hydrogens is 210 g/mol. The van der Waals surface area contributed by atoms with Gasteiger partial charge >= 0.3 is 58.6 Å². The second kappa shape index (κ2) is 8.71. The van der Waals surface area contributed by atoms with Crippen molar-refractivity contribution in [1.29, 1.82) is 0 Å². The molecular formula is C7H14BF4K. The third kappa shape index (κ3) is 19.7. The third-order valence-electron chi connectivity index (χ3n) is 1.89. The first kappa shape index (κ1) is 16.8. The van der Waals surface area contributed by atoms with Gasteiger partial charge in [0, 0.05) is 0 Å². The summed E-state index contributed by atoms with van der Waals surface area (Å²) in [6.45, 7) is 2.36. The molecule has 74 valence electrons. The van der Waals surface area contributed by atoms with E-state index in [1.54, 1.807) is 0 Å². The fourth-order valence-electron chi connectivity index (χ4n) is 1.31. The fourth-order valence-corrected chi connectivity index (χ4v) is 1.31. The van der Waals surface area contributed by atoms with Gasteiger partial charge in [0.2, 0.25) is 0 Å². The van der Waals surface area contributed by atoms with Crippen LogP contribution in [-0.2, 0) is 0 Å². The van der Waals surface area contributed by atoms with E-state index in [4.69, 9.17) is 0 Å². The number of hydrogen-bond acceptors (Lipinski definition) is 0. The predicted octanol–water partition coefficient (Wildman–Crippen LogP) is 0.891. The van der Waals surface area contributed by atoms with Gasteiger partial charge < -0.3 is 17.3 Å². The Morgan fingerprint density at radius 3 is 1.38 bits per heavy atom. The molecule has 0 bridgehead atoms. The monoisotopic (exact) mass is 224 g/mol. The predicted molar refractivity (Wildman–Crippen MR) is 42.4 cm³/mol. The van der Waals surface area contributed by atoms with Crippen LogP contribution in [0.1, 0.15) is 39.0 Å².